The fourth-order valence-electron chi connectivity index (χ4n) is 0.486. The molecule has 0 atom stereocenters. The first-order valence-corrected chi connectivity index (χ1v) is 3.50. The number of alkyl halides is 3. The summed E-state index contributed by atoms with van der Waals surface area (Å²) >= 11 is 0. The van der Waals surface area contributed by atoms with E-state index in [2.05, 4.69) is 9.40 Å². The Bertz CT molecular complexity index is 229. The van der Waals surface area contributed by atoms with Crippen LogP contribution in [0, 0.1) is 6.92 Å². The molecule has 0 bridgehead atoms. The number of nitrogens with zero attached hydrogens (tertiary/aromatic N) is 1. The van der Waals surface area contributed by atoms with E-state index in [1.165, 1.54) is 6.92 Å². The summed E-state index contributed by atoms with van der Waals surface area (Å²) in [6.45, 7) is 5.40. The van der Waals surface area contributed by atoms with Gasteiger partial charge in [-0.3, -0.25) is 0 Å². The zero-order chi connectivity index (χ0) is 9.78. The molecule has 0 radical (unpaired) electrons. The summed E-state index contributed by atoms with van der Waals surface area (Å²) in [5, 5.41) is 0. The first-order chi connectivity index (χ1) is 5.50. The topological polar surface area (TPSA) is 26.0 Å². The van der Waals surface area contributed by atoms with E-state index in [4.69, 9.17) is 0 Å². The lowest BCUT2D eigenvalue weighted by atomic mass is 10.6. The molecule has 0 unspecified atom stereocenters. The third-order valence-electron chi connectivity index (χ3n) is 0.864. The molecule has 0 saturated carbocycles. The van der Waals surface area contributed by atoms with Gasteiger partial charge in [-0.15, -0.1) is 0 Å². The predicted octanol–water partition coefficient (Wildman–Crippen LogP) is 3.03. The summed E-state index contributed by atoms with van der Waals surface area (Å²) in [5.74, 6) is -1.03. The third kappa shape index (κ3) is 2.94. The number of aryl methyl sites for hydroxylation is 1. The zero-order valence-corrected chi connectivity index (χ0v) is 7.07. The van der Waals surface area contributed by atoms with E-state index < -0.39 is 12.1 Å². The van der Waals surface area contributed by atoms with E-state index in [9.17, 15) is 13.2 Å². The van der Waals surface area contributed by atoms with Gasteiger partial charge in [0.15, 0.2) is 0 Å². The zero-order valence-electron chi connectivity index (χ0n) is 7.07. The van der Waals surface area contributed by atoms with Crippen LogP contribution in [0.25, 0.3) is 0 Å². The van der Waals surface area contributed by atoms with Crippen molar-refractivity contribution in [3.8, 4) is 0 Å². The highest BCUT2D eigenvalue weighted by molar-refractivity contribution is 4.93. The Labute approximate surface area is 68.4 Å². The molecule has 0 aliphatic carbocycles. The van der Waals surface area contributed by atoms with Crippen molar-refractivity contribution >= 4 is 0 Å². The molecule has 0 amide bonds. The van der Waals surface area contributed by atoms with Crippen LogP contribution in [0.3, 0.4) is 0 Å². The van der Waals surface area contributed by atoms with E-state index in [0.29, 0.717) is 0 Å². The molecule has 0 spiro atoms. The first-order valence-electron chi connectivity index (χ1n) is 3.50. The molecule has 0 saturated heterocycles. The Morgan fingerprint density at radius 1 is 1.33 bits per heavy atom. The molecular weight excluding hydrogens is 171 g/mol. The predicted molar refractivity (Wildman–Crippen MR) is 37.6 cm³/mol. The van der Waals surface area contributed by atoms with Crippen LogP contribution < -0.4 is 0 Å². The summed E-state index contributed by atoms with van der Waals surface area (Å²) < 4.78 is 39.1. The van der Waals surface area contributed by atoms with Crippen molar-refractivity contribution in [1.29, 1.82) is 0 Å². The van der Waals surface area contributed by atoms with Gasteiger partial charge in [0, 0.05) is 0 Å². The number of halogens is 3. The lowest BCUT2D eigenvalue weighted by molar-refractivity contribution is -0.157. The Hall–Kier alpha value is -1.00. The highest BCUT2D eigenvalue weighted by Crippen LogP contribution is 2.27. The number of hydrogen-bond acceptors (Lipinski definition) is 2. The van der Waals surface area contributed by atoms with E-state index in [1.54, 1.807) is 0 Å². The normalized spacial score (nSPS) is 10.5. The van der Waals surface area contributed by atoms with Gasteiger partial charge in [0.25, 0.3) is 0 Å². The second kappa shape index (κ2) is 4.13. The maximum Gasteiger partial charge on any atom is 0.468 e. The molecule has 0 N–H and O–H groups in total. The highest BCUT2D eigenvalue weighted by atomic mass is 19.4. The summed E-state index contributed by atoms with van der Waals surface area (Å²) in [5.41, 5.74) is 0. The average molecular weight is 181 g/mol. The standard InChI is InChI=1S/C5H4F3NO.C2H6/c1-3-2-9-4(10-3)5(6,7)8;1-2/h2H,1H3;1-2H3. The fraction of sp³-hybridized carbons (Fsp3) is 0.571. The molecule has 0 aromatic carbocycles. The number of rotatable bonds is 0. The summed E-state index contributed by atoms with van der Waals surface area (Å²) in [6.07, 6.45) is -3.43. The molecule has 1 aromatic heterocycles. The monoisotopic (exact) mass is 181 g/mol. The molecule has 0 aliphatic rings. The Morgan fingerprint density at radius 3 is 2.00 bits per heavy atom. The minimum absolute atomic E-state index is 0.160. The second-order valence-corrected chi connectivity index (χ2v) is 1.77. The third-order valence-corrected chi connectivity index (χ3v) is 0.864. The van der Waals surface area contributed by atoms with Gasteiger partial charge < -0.3 is 4.42 Å². The number of oxazole rings is 1. The van der Waals surface area contributed by atoms with Crippen LogP contribution in [0.1, 0.15) is 25.5 Å². The van der Waals surface area contributed by atoms with Crippen LogP contribution in [0.2, 0.25) is 0 Å². The van der Waals surface area contributed by atoms with Crippen molar-refractivity contribution in [3.05, 3.63) is 17.8 Å². The van der Waals surface area contributed by atoms with Crippen LogP contribution in [0.4, 0.5) is 13.2 Å². The van der Waals surface area contributed by atoms with Crippen LogP contribution in [0.5, 0.6) is 0 Å². The molecule has 5 heteroatoms. The van der Waals surface area contributed by atoms with Crippen LogP contribution in [-0.4, -0.2) is 4.98 Å². The van der Waals surface area contributed by atoms with Gasteiger partial charge in [0.2, 0.25) is 0 Å². The molecule has 2 nitrogen and oxygen atoms in total. The fourth-order valence-corrected chi connectivity index (χ4v) is 0.486. The summed E-state index contributed by atoms with van der Waals surface area (Å²) in [7, 11) is 0. The van der Waals surface area contributed by atoms with Gasteiger partial charge in [-0.05, 0) is 6.92 Å². The smallest absolute Gasteiger partial charge is 0.438 e. The van der Waals surface area contributed by atoms with E-state index >= 15 is 0 Å². The van der Waals surface area contributed by atoms with Crippen LogP contribution in [0.15, 0.2) is 10.6 Å². The van der Waals surface area contributed by atoms with Crippen molar-refractivity contribution in [2.75, 3.05) is 0 Å². The maximum atomic E-state index is 11.6. The summed E-state index contributed by atoms with van der Waals surface area (Å²) in [4.78, 5) is 3.00. The molecule has 0 aliphatic heterocycles. The second-order valence-electron chi connectivity index (χ2n) is 1.77. The summed E-state index contributed by atoms with van der Waals surface area (Å²) in [6, 6.07) is 0. The van der Waals surface area contributed by atoms with E-state index in [0.717, 1.165) is 6.20 Å². The quantitative estimate of drug-likeness (QED) is 0.614. The van der Waals surface area contributed by atoms with Crippen LogP contribution >= 0.6 is 0 Å². The van der Waals surface area contributed by atoms with Crippen molar-refractivity contribution in [3.63, 3.8) is 0 Å². The lowest BCUT2D eigenvalue weighted by Gasteiger charge is -1.97. The molecule has 12 heavy (non-hydrogen) atoms. The van der Waals surface area contributed by atoms with Gasteiger partial charge in [0.1, 0.15) is 5.76 Å². The molecule has 70 valence electrons. The molecule has 0 fully saturated rings. The Balaban J connectivity index is 0.000000561. The number of hydrogen-bond donors (Lipinski definition) is 0. The highest BCUT2D eigenvalue weighted by Gasteiger charge is 2.36. The molecule has 1 heterocycles. The van der Waals surface area contributed by atoms with E-state index in [-0.39, 0.29) is 5.76 Å². The SMILES string of the molecule is CC.Cc1cnc(C(F)(F)F)o1. The van der Waals surface area contributed by atoms with Gasteiger partial charge in [-0.1, -0.05) is 13.8 Å². The van der Waals surface area contributed by atoms with Crippen molar-refractivity contribution in [2.45, 2.75) is 26.9 Å². The molecular formula is C7H10F3NO. The van der Waals surface area contributed by atoms with Gasteiger partial charge in [-0.2, -0.15) is 13.2 Å². The van der Waals surface area contributed by atoms with Gasteiger partial charge in [-0.25, -0.2) is 4.98 Å². The first kappa shape index (κ1) is 11.0. The van der Waals surface area contributed by atoms with E-state index in [1.807, 2.05) is 13.8 Å². The van der Waals surface area contributed by atoms with Gasteiger partial charge >= 0.3 is 12.1 Å². The Kier molecular flexibility index (Phi) is 3.79. The van der Waals surface area contributed by atoms with Crippen LogP contribution in [-0.2, 0) is 6.18 Å². The largest absolute Gasteiger partial charge is 0.468 e. The van der Waals surface area contributed by atoms with Crippen molar-refractivity contribution in [1.82, 2.24) is 4.98 Å². The van der Waals surface area contributed by atoms with Crippen molar-refractivity contribution in [2.24, 2.45) is 0 Å². The lowest BCUT2D eigenvalue weighted by Crippen LogP contribution is -2.04. The van der Waals surface area contributed by atoms with Gasteiger partial charge in [0.05, 0.1) is 6.20 Å². The molecule has 1 aromatic rings. The Morgan fingerprint density at radius 2 is 1.83 bits per heavy atom. The average Bonchev–Trinajstić information content (AvgIpc) is 2.39. The maximum absolute atomic E-state index is 11.6. The molecule has 1 rings (SSSR count). The van der Waals surface area contributed by atoms with Crippen molar-refractivity contribution < 1.29 is 17.6 Å². The minimum atomic E-state index is -4.46. The minimum Gasteiger partial charge on any atom is -0.438 e. The number of aromatic nitrogens is 1.